The van der Waals surface area contributed by atoms with Crippen molar-refractivity contribution in [2.45, 2.75) is 9.79 Å². The molecule has 8 aromatic rings. The van der Waals surface area contributed by atoms with Crippen LogP contribution in [-0.4, -0.2) is 0 Å². The van der Waals surface area contributed by atoms with Crippen molar-refractivity contribution in [2.24, 2.45) is 0 Å². The molecule has 0 aromatic heterocycles. The molecule has 1 heterocycles. The van der Waals surface area contributed by atoms with Gasteiger partial charge in [0.2, 0.25) is 0 Å². The van der Waals surface area contributed by atoms with E-state index in [-0.39, 0.29) is 0 Å². The Hall–Kier alpha value is -4.85. The van der Waals surface area contributed by atoms with Gasteiger partial charge in [0.1, 0.15) is 0 Å². The Morgan fingerprint density at radius 2 is 1.05 bits per heavy atom. The van der Waals surface area contributed by atoms with Crippen LogP contribution in [0.15, 0.2) is 155 Å². The van der Waals surface area contributed by atoms with Gasteiger partial charge in [0, 0.05) is 15.2 Å². The molecule has 0 bridgehead atoms. The van der Waals surface area contributed by atoms with Crippen molar-refractivity contribution < 1.29 is 0 Å². The van der Waals surface area contributed by atoms with Gasteiger partial charge >= 0.3 is 0 Å². The van der Waals surface area contributed by atoms with Crippen LogP contribution in [0, 0.1) is 0 Å². The SMILES string of the molecule is c1ccc(-c2c3ccccc3c(-c3ccc4c(c3)-c3cccc5cccc(c35)S4)c3c2ccc2ccccc23)cc1. The molecule has 41 heavy (non-hydrogen) atoms. The Morgan fingerprint density at radius 3 is 1.90 bits per heavy atom. The summed E-state index contributed by atoms with van der Waals surface area (Å²) in [5, 5.41) is 10.4. The second-order valence-corrected chi connectivity index (χ2v) is 11.9. The molecule has 0 unspecified atom stereocenters. The summed E-state index contributed by atoms with van der Waals surface area (Å²) in [5.41, 5.74) is 7.77. The van der Waals surface area contributed by atoms with Crippen LogP contribution < -0.4 is 0 Å². The van der Waals surface area contributed by atoms with E-state index in [0.717, 1.165) is 0 Å². The Bertz CT molecular complexity index is 2320. The minimum atomic E-state index is 1.25. The van der Waals surface area contributed by atoms with Crippen molar-refractivity contribution in [3.63, 3.8) is 0 Å². The van der Waals surface area contributed by atoms with Crippen LogP contribution in [0.1, 0.15) is 0 Å². The first kappa shape index (κ1) is 22.9. The van der Waals surface area contributed by atoms with Crippen LogP contribution in [-0.2, 0) is 0 Å². The minimum absolute atomic E-state index is 1.25. The smallest absolute Gasteiger partial charge is 0.0207 e. The Morgan fingerprint density at radius 1 is 0.341 bits per heavy atom. The zero-order chi connectivity index (χ0) is 26.9. The van der Waals surface area contributed by atoms with Gasteiger partial charge in [-0.1, -0.05) is 139 Å². The number of fused-ring (bicyclic) bond motifs is 6. The van der Waals surface area contributed by atoms with Crippen molar-refractivity contribution >= 4 is 54.9 Å². The van der Waals surface area contributed by atoms with Crippen molar-refractivity contribution in [1.29, 1.82) is 0 Å². The zero-order valence-electron chi connectivity index (χ0n) is 22.3. The molecule has 190 valence electrons. The first-order chi connectivity index (χ1) is 20.3. The quantitative estimate of drug-likeness (QED) is 0.156. The zero-order valence-corrected chi connectivity index (χ0v) is 23.1. The van der Waals surface area contributed by atoms with Gasteiger partial charge in [-0.3, -0.25) is 0 Å². The summed E-state index contributed by atoms with van der Waals surface area (Å²) in [6.07, 6.45) is 0. The molecule has 0 amide bonds. The second kappa shape index (κ2) is 8.83. The van der Waals surface area contributed by atoms with Crippen molar-refractivity contribution in [3.05, 3.63) is 146 Å². The Balaban J connectivity index is 1.44. The lowest BCUT2D eigenvalue weighted by molar-refractivity contribution is 1.40. The maximum absolute atomic E-state index is 2.44. The van der Waals surface area contributed by atoms with Crippen LogP contribution in [0.5, 0.6) is 0 Å². The second-order valence-electron chi connectivity index (χ2n) is 10.8. The predicted molar refractivity (Wildman–Crippen MR) is 177 cm³/mol. The molecule has 0 saturated carbocycles. The van der Waals surface area contributed by atoms with Crippen LogP contribution in [0.4, 0.5) is 0 Å². The highest BCUT2D eigenvalue weighted by Gasteiger charge is 2.22. The van der Waals surface area contributed by atoms with Crippen LogP contribution in [0.2, 0.25) is 0 Å². The number of rotatable bonds is 2. The molecule has 1 aliphatic rings. The van der Waals surface area contributed by atoms with E-state index in [1.807, 2.05) is 11.8 Å². The molecular formula is C40H24S. The monoisotopic (exact) mass is 536 g/mol. The third-order valence-corrected chi connectivity index (χ3v) is 9.76. The van der Waals surface area contributed by atoms with Gasteiger partial charge in [0.05, 0.1) is 0 Å². The summed E-state index contributed by atoms with van der Waals surface area (Å²) in [5.74, 6) is 0. The first-order valence-electron chi connectivity index (χ1n) is 14.1. The summed E-state index contributed by atoms with van der Waals surface area (Å²) < 4.78 is 0. The van der Waals surface area contributed by atoms with E-state index in [4.69, 9.17) is 0 Å². The summed E-state index contributed by atoms with van der Waals surface area (Å²) >= 11 is 1.89. The van der Waals surface area contributed by atoms with E-state index in [1.165, 1.54) is 86.3 Å². The topological polar surface area (TPSA) is 0 Å². The molecule has 0 fully saturated rings. The molecule has 0 aliphatic carbocycles. The van der Waals surface area contributed by atoms with E-state index in [0.29, 0.717) is 0 Å². The number of benzene rings is 8. The highest BCUT2D eigenvalue weighted by molar-refractivity contribution is 7.99. The lowest BCUT2D eigenvalue weighted by Crippen LogP contribution is -1.95. The maximum atomic E-state index is 2.44. The van der Waals surface area contributed by atoms with Gasteiger partial charge in [-0.05, 0) is 89.3 Å². The average Bonchev–Trinajstić information content (AvgIpc) is 3.04. The van der Waals surface area contributed by atoms with Gasteiger partial charge in [0.15, 0.2) is 0 Å². The third-order valence-electron chi connectivity index (χ3n) is 8.62. The molecule has 0 spiro atoms. The first-order valence-corrected chi connectivity index (χ1v) is 14.9. The number of hydrogen-bond acceptors (Lipinski definition) is 1. The maximum Gasteiger partial charge on any atom is 0.0207 e. The number of hydrogen-bond donors (Lipinski definition) is 0. The van der Waals surface area contributed by atoms with Gasteiger partial charge in [-0.25, -0.2) is 0 Å². The van der Waals surface area contributed by atoms with Crippen LogP contribution in [0.3, 0.4) is 0 Å². The van der Waals surface area contributed by atoms with Crippen molar-refractivity contribution in [2.75, 3.05) is 0 Å². The van der Waals surface area contributed by atoms with Gasteiger partial charge in [-0.2, -0.15) is 0 Å². The molecule has 0 nitrogen and oxygen atoms in total. The Kier molecular flexibility index (Phi) is 4.93. The molecule has 0 saturated heterocycles. The summed E-state index contributed by atoms with van der Waals surface area (Å²) in [6, 6.07) is 53.8. The van der Waals surface area contributed by atoms with Crippen molar-refractivity contribution in [1.82, 2.24) is 0 Å². The molecule has 9 rings (SSSR count). The van der Waals surface area contributed by atoms with Gasteiger partial charge in [-0.15, -0.1) is 0 Å². The predicted octanol–water partition coefficient (Wildman–Crippen LogP) is 11.8. The lowest BCUT2D eigenvalue weighted by atomic mass is 9.83. The fraction of sp³-hybridized carbons (Fsp3) is 0. The van der Waals surface area contributed by atoms with Crippen molar-refractivity contribution in [3.8, 4) is 33.4 Å². The molecule has 1 aliphatic heterocycles. The van der Waals surface area contributed by atoms with E-state index < -0.39 is 0 Å². The fourth-order valence-corrected chi connectivity index (χ4v) is 8.01. The third kappa shape index (κ3) is 3.36. The largest absolute Gasteiger partial charge is 0.0888 e. The Labute approximate surface area is 242 Å². The molecule has 0 radical (unpaired) electrons. The lowest BCUT2D eigenvalue weighted by Gasteiger charge is -2.23. The minimum Gasteiger partial charge on any atom is -0.0888 e. The van der Waals surface area contributed by atoms with Gasteiger partial charge < -0.3 is 0 Å². The highest BCUT2D eigenvalue weighted by Crippen LogP contribution is 2.51. The average molecular weight is 537 g/mol. The highest BCUT2D eigenvalue weighted by atomic mass is 32.2. The summed E-state index contributed by atoms with van der Waals surface area (Å²) in [6.45, 7) is 0. The molecule has 8 aromatic carbocycles. The standard InChI is InChI=1S/C40H24S/c1-2-11-26(12-3-1)37-30-16-6-7-17-31(30)39(40-29-15-5-4-10-25(29)20-22-33(37)40)28-21-23-35-34(24-28)32-18-8-13-27-14-9-19-36(41-35)38(27)32/h1-24H. The molecular weight excluding hydrogens is 513 g/mol. The summed E-state index contributed by atoms with van der Waals surface area (Å²) in [7, 11) is 0. The molecule has 0 N–H and O–H groups in total. The summed E-state index contributed by atoms with van der Waals surface area (Å²) in [4.78, 5) is 2.66. The fourth-order valence-electron chi connectivity index (χ4n) is 6.88. The van der Waals surface area contributed by atoms with E-state index in [2.05, 4.69) is 146 Å². The normalized spacial score (nSPS) is 12.3. The molecule has 0 atom stereocenters. The van der Waals surface area contributed by atoms with E-state index >= 15 is 0 Å². The molecule has 1 heteroatoms. The van der Waals surface area contributed by atoms with Gasteiger partial charge in [0.25, 0.3) is 0 Å². The van der Waals surface area contributed by atoms with Crippen LogP contribution in [0.25, 0.3) is 76.5 Å². The van der Waals surface area contributed by atoms with Crippen LogP contribution >= 0.6 is 11.8 Å². The van der Waals surface area contributed by atoms with E-state index in [1.54, 1.807) is 0 Å². The van der Waals surface area contributed by atoms with E-state index in [9.17, 15) is 0 Å².